The molecule has 0 aliphatic heterocycles. The first-order chi connectivity index (χ1) is 33.5. The number of unbranched alkanes of at least 4 members (excludes halogenated alkanes) is 32. The van der Waals surface area contributed by atoms with Crippen LogP contribution in [-0.4, -0.2) is 37.2 Å². The van der Waals surface area contributed by atoms with Crippen molar-refractivity contribution < 1.29 is 28.6 Å². The lowest BCUT2D eigenvalue weighted by Gasteiger charge is -2.18. The van der Waals surface area contributed by atoms with E-state index in [9.17, 15) is 14.4 Å². The Balaban J connectivity index is 4.32. The van der Waals surface area contributed by atoms with E-state index in [0.717, 1.165) is 96.3 Å². The molecular formula is C62H110O6. The fraction of sp³-hybridized carbons (Fsp3) is 0.790. The van der Waals surface area contributed by atoms with Crippen LogP contribution in [0.25, 0.3) is 0 Å². The number of ether oxygens (including phenoxy) is 3. The number of allylic oxidation sites excluding steroid dienone is 10. The third kappa shape index (κ3) is 54.1. The number of carbonyl (C=O) groups excluding carboxylic acids is 3. The van der Waals surface area contributed by atoms with Gasteiger partial charge in [0.05, 0.1) is 0 Å². The van der Waals surface area contributed by atoms with Gasteiger partial charge in [0.1, 0.15) is 13.2 Å². The first-order valence-electron chi connectivity index (χ1n) is 29.3. The summed E-state index contributed by atoms with van der Waals surface area (Å²) in [7, 11) is 0. The summed E-state index contributed by atoms with van der Waals surface area (Å²) in [6.45, 7) is 6.55. The van der Waals surface area contributed by atoms with Crippen molar-refractivity contribution in [3.8, 4) is 0 Å². The van der Waals surface area contributed by atoms with Gasteiger partial charge in [0, 0.05) is 19.3 Å². The number of rotatable bonds is 53. The molecule has 6 heteroatoms. The summed E-state index contributed by atoms with van der Waals surface area (Å²) < 4.78 is 16.9. The minimum Gasteiger partial charge on any atom is -0.462 e. The molecule has 1 atom stereocenters. The van der Waals surface area contributed by atoms with Crippen LogP contribution in [-0.2, 0) is 28.6 Å². The summed E-state index contributed by atoms with van der Waals surface area (Å²) in [6.07, 6.45) is 70.6. The third-order valence-electron chi connectivity index (χ3n) is 12.8. The molecule has 68 heavy (non-hydrogen) atoms. The van der Waals surface area contributed by atoms with Gasteiger partial charge in [-0.1, -0.05) is 274 Å². The molecule has 0 N–H and O–H groups in total. The van der Waals surface area contributed by atoms with Crippen LogP contribution >= 0.6 is 0 Å². The van der Waals surface area contributed by atoms with E-state index >= 15 is 0 Å². The van der Waals surface area contributed by atoms with E-state index in [0.29, 0.717) is 19.3 Å². The Morgan fingerprint density at radius 1 is 0.309 bits per heavy atom. The zero-order chi connectivity index (χ0) is 49.3. The smallest absolute Gasteiger partial charge is 0.306 e. The van der Waals surface area contributed by atoms with Gasteiger partial charge in [0.15, 0.2) is 6.10 Å². The predicted molar refractivity (Wildman–Crippen MR) is 293 cm³/mol. The molecule has 0 fully saturated rings. The molecule has 6 nitrogen and oxygen atoms in total. The highest BCUT2D eigenvalue weighted by Gasteiger charge is 2.19. The second-order valence-electron chi connectivity index (χ2n) is 19.5. The predicted octanol–water partition coefficient (Wildman–Crippen LogP) is 19.6. The maximum Gasteiger partial charge on any atom is 0.306 e. The number of hydrogen-bond donors (Lipinski definition) is 0. The van der Waals surface area contributed by atoms with Gasteiger partial charge in [-0.2, -0.15) is 0 Å². The largest absolute Gasteiger partial charge is 0.462 e. The maximum absolute atomic E-state index is 12.8. The van der Waals surface area contributed by atoms with Crippen molar-refractivity contribution in [3.05, 3.63) is 60.8 Å². The molecule has 0 rings (SSSR count). The first-order valence-corrected chi connectivity index (χ1v) is 29.3. The lowest BCUT2D eigenvalue weighted by atomic mass is 10.0. The minimum atomic E-state index is -0.775. The third-order valence-corrected chi connectivity index (χ3v) is 12.8. The minimum absolute atomic E-state index is 0.0733. The Morgan fingerprint density at radius 2 is 0.574 bits per heavy atom. The molecule has 0 heterocycles. The van der Waals surface area contributed by atoms with Crippen LogP contribution < -0.4 is 0 Å². The van der Waals surface area contributed by atoms with Crippen molar-refractivity contribution in [2.24, 2.45) is 0 Å². The van der Waals surface area contributed by atoms with Crippen LogP contribution in [0, 0.1) is 0 Å². The average Bonchev–Trinajstić information content (AvgIpc) is 3.34. The van der Waals surface area contributed by atoms with Gasteiger partial charge in [-0.25, -0.2) is 0 Å². The molecule has 0 saturated carbocycles. The van der Waals surface area contributed by atoms with E-state index in [2.05, 4.69) is 81.5 Å². The van der Waals surface area contributed by atoms with E-state index in [1.807, 2.05) is 0 Å². The van der Waals surface area contributed by atoms with Gasteiger partial charge in [-0.15, -0.1) is 0 Å². The van der Waals surface area contributed by atoms with Crippen molar-refractivity contribution >= 4 is 17.9 Å². The van der Waals surface area contributed by atoms with Gasteiger partial charge in [0.2, 0.25) is 0 Å². The van der Waals surface area contributed by atoms with Crippen LogP contribution in [0.1, 0.15) is 297 Å². The normalized spacial score (nSPS) is 12.5. The molecule has 0 aliphatic carbocycles. The van der Waals surface area contributed by atoms with E-state index in [-0.39, 0.29) is 31.1 Å². The zero-order valence-corrected chi connectivity index (χ0v) is 45.1. The molecule has 0 bridgehead atoms. The number of hydrogen-bond acceptors (Lipinski definition) is 6. The molecule has 394 valence electrons. The summed E-state index contributed by atoms with van der Waals surface area (Å²) in [6, 6.07) is 0. The molecule has 0 amide bonds. The van der Waals surface area contributed by atoms with E-state index < -0.39 is 6.10 Å². The van der Waals surface area contributed by atoms with Crippen molar-refractivity contribution in [1.82, 2.24) is 0 Å². The molecule has 0 aromatic rings. The summed E-state index contributed by atoms with van der Waals surface area (Å²) in [5, 5.41) is 0. The number of esters is 3. The highest BCUT2D eigenvalue weighted by Crippen LogP contribution is 2.16. The monoisotopic (exact) mass is 951 g/mol. The second-order valence-corrected chi connectivity index (χ2v) is 19.5. The van der Waals surface area contributed by atoms with E-state index in [1.165, 1.54) is 161 Å². The molecule has 0 aromatic heterocycles. The van der Waals surface area contributed by atoms with Gasteiger partial charge in [-0.05, 0) is 64.2 Å². The van der Waals surface area contributed by atoms with Crippen molar-refractivity contribution in [3.63, 3.8) is 0 Å². The van der Waals surface area contributed by atoms with Crippen LogP contribution in [0.2, 0.25) is 0 Å². The SMILES string of the molecule is CC/C=C\C/C=C\C/C=C\C/C=C\C/C=C\CCCCCCCCCC(=O)OCC(COC(=O)CCCCCCCCCCCCCCC)OC(=O)CCCCCCCCCCCCCCCC. The Hall–Kier alpha value is -2.89. The Kier molecular flexibility index (Phi) is 54.3. The maximum atomic E-state index is 12.8. The fourth-order valence-corrected chi connectivity index (χ4v) is 8.41. The molecule has 0 spiro atoms. The lowest BCUT2D eigenvalue weighted by Crippen LogP contribution is -2.30. The van der Waals surface area contributed by atoms with E-state index in [4.69, 9.17) is 14.2 Å². The van der Waals surface area contributed by atoms with Crippen LogP contribution in [0.4, 0.5) is 0 Å². The topological polar surface area (TPSA) is 78.9 Å². The molecule has 0 aliphatic rings. The van der Waals surface area contributed by atoms with Gasteiger partial charge in [-0.3, -0.25) is 14.4 Å². The van der Waals surface area contributed by atoms with E-state index in [1.54, 1.807) is 0 Å². The summed E-state index contributed by atoms with van der Waals surface area (Å²) in [4.78, 5) is 38.1. The quantitative estimate of drug-likeness (QED) is 0.0262. The molecule has 0 saturated heterocycles. The highest BCUT2D eigenvalue weighted by molar-refractivity contribution is 5.71. The van der Waals surface area contributed by atoms with Crippen LogP contribution in [0.15, 0.2) is 60.8 Å². The van der Waals surface area contributed by atoms with Crippen molar-refractivity contribution in [2.45, 2.75) is 303 Å². The Morgan fingerprint density at radius 3 is 0.897 bits per heavy atom. The highest BCUT2D eigenvalue weighted by atomic mass is 16.6. The van der Waals surface area contributed by atoms with Crippen molar-refractivity contribution in [2.75, 3.05) is 13.2 Å². The van der Waals surface area contributed by atoms with Crippen LogP contribution in [0.3, 0.4) is 0 Å². The second kappa shape index (κ2) is 56.7. The average molecular weight is 952 g/mol. The first kappa shape index (κ1) is 65.1. The van der Waals surface area contributed by atoms with Crippen LogP contribution in [0.5, 0.6) is 0 Å². The molecule has 0 radical (unpaired) electrons. The summed E-state index contributed by atoms with van der Waals surface area (Å²) in [5.74, 6) is -0.870. The van der Waals surface area contributed by atoms with Gasteiger partial charge >= 0.3 is 17.9 Å². The molecule has 0 aromatic carbocycles. The zero-order valence-electron chi connectivity index (χ0n) is 45.1. The van der Waals surface area contributed by atoms with Crippen molar-refractivity contribution in [1.29, 1.82) is 0 Å². The number of carbonyl (C=O) groups is 3. The van der Waals surface area contributed by atoms with Gasteiger partial charge < -0.3 is 14.2 Å². The fourth-order valence-electron chi connectivity index (χ4n) is 8.41. The summed E-state index contributed by atoms with van der Waals surface area (Å²) >= 11 is 0. The Bertz CT molecular complexity index is 1230. The Labute approximate surface area is 421 Å². The van der Waals surface area contributed by atoms with Gasteiger partial charge in [0.25, 0.3) is 0 Å². The summed E-state index contributed by atoms with van der Waals surface area (Å²) in [5.41, 5.74) is 0. The standard InChI is InChI=1S/C62H110O6/c1-4-7-10-13-16-19-22-25-27-28-29-30-31-32-33-34-35-38-40-43-46-49-52-55-61(64)67-58-59(57-66-60(63)54-51-48-45-42-39-36-24-21-18-15-12-9-6-3)68-62(65)56-53-50-47-44-41-37-26-23-20-17-14-11-8-5-2/h7,10,16,19,25,27,29-30,32-33,59H,4-6,8-9,11-15,17-18,20-24,26,28,31,34-58H2,1-3H3/b10-7-,19-16-,27-25-,30-29-,33-32-. The molecule has 1 unspecified atom stereocenters. The lowest BCUT2D eigenvalue weighted by molar-refractivity contribution is -0.167. The molecular weight excluding hydrogens is 841 g/mol.